The maximum absolute atomic E-state index is 11.9. The molecular formula is C20H21ClN2O4. The number of ether oxygens (including phenoxy) is 2. The summed E-state index contributed by atoms with van der Waals surface area (Å²) in [5, 5.41) is 4.47. The van der Waals surface area contributed by atoms with Gasteiger partial charge in [0.1, 0.15) is 11.4 Å². The van der Waals surface area contributed by atoms with Gasteiger partial charge < -0.3 is 9.47 Å². The topological polar surface area (TPSA) is 77.0 Å². The van der Waals surface area contributed by atoms with Crippen LogP contribution in [0.1, 0.15) is 36.7 Å². The first kappa shape index (κ1) is 20.5. The van der Waals surface area contributed by atoms with Crippen LogP contribution in [0.3, 0.4) is 0 Å². The first-order chi connectivity index (χ1) is 12.7. The van der Waals surface area contributed by atoms with Crippen LogP contribution in [-0.2, 0) is 9.53 Å². The fourth-order valence-electron chi connectivity index (χ4n) is 1.99. The largest absolute Gasteiger partial charge is 0.482 e. The van der Waals surface area contributed by atoms with Crippen molar-refractivity contribution in [2.75, 3.05) is 6.61 Å². The molecule has 0 saturated heterocycles. The number of rotatable bonds is 6. The van der Waals surface area contributed by atoms with E-state index in [0.717, 1.165) is 5.56 Å². The molecule has 0 aromatic heterocycles. The molecule has 6 nitrogen and oxygen atoms in total. The van der Waals surface area contributed by atoms with E-state index in [1.54, 1.807) is 69.3 Å². The SMILES string of the molecule is CC(C)(C)OC(=O)COc1ccc(/C=N\NC(=O)c2ccc(Cl)cc2)cc1. The van der Waals surface area contributed by atoms with Gasteiger partial charge in [-0.25, -0.2) is 10.2 Å². The number of hydrogen-bond donors (Lipinski definition) is 1. The number of benzene rings is 2. The maximum Gasteiger partial charge on any atom is 0.344 e. The molecule has 142 valence electrons. The fourth-order valence-corrected chi connectivity index (χ4v) is 2.12. The summed E-state index contributed by atoms with van der Waals surface area (Å²) in [6.45, 7) is 5.22. The van der Waals surface area contributed by atoms with E-state index < -0.39 is 11.6 Å². The Morgan fingerprint density at radius 2 is 1.70 bits per heavy atom. The van der Waals surface area contributed by atoms with Crippen molar-refractivity contribution in [1.82, 2.24) is 5.43 Å². The quantitative estimate of drug-likeness (QED) is 0.463. The zero-order chi connectivity index (χ0) is 19.9. The van der Waals surface area contributed by atoms with Gasteiger partial charge in [0.2, 0.25) is 0 Å². The van der Waals surface area contributed by atoms with Crippen molar-refractivity contribution >= 4 is 29.7 Å². The molecule has 0 saturated carbocycles. The van der Waals surface area contributed by atoms with Gasteiger partial charge in [-0.05, 0) is 74.9 Å². The van der Waals surface area contributed by atoms with E-state index in [1.807, 2.05) is 0 Å². The van der Waals surface area contributed by atoms with E-state index in [9.17, 15) is 9.59 Å². The molecule has 2 aromatic rings. The molecule has 0 fully saturated rings. The van der Waals surface area contributed by atoms with E-state index in [0.29, 0.717) is 16.3 Å². The van der Waals surface area contributed by atoms with Crippen LogP contribution < -0.4 is 10.2 Å². The molecule has 2 aromatic carbocycles. The molecule has 0 atom stereocenters. The number of amides is 1. The highest BCUT2D eigenvalue weighted by Crippen LogP contribution is 2.13. The van der Waals surface area contributed by atoms with Crippen molar-refractivity contribution in [3.63, 3.8) is 0 Å². The molecule has 0 bridgehead atoms. The van der Waals surface area contributed by atoms with Gasteiger partial charge in [-0.2, -0.15) is 5.10 Å². The van der Waals surface area contributed by atoms with Crippen LogP contribution in [-0.4, -0.2) is 30.3 Å². The molecule has 27 heavy (non-hydrogen) atoms. The minimum absolute atomic E-state index is 0.165. The van der Waals surface area contributed by atoms with Gasteiger partial charge in [0.15, 0.2) is 6.61 Å². The van der Waals surface area contributed by atoms with Gasteiger partial charge in [0.25, 0.3) is 5.91 Å². The fraction of sp³-hybridized carbons (Fsp3) is 0.250. The van der Waals surface area contributed by atoms with Crippen LogP contribution in [0, 0.1) is 0 Å². The smallest absolute Gasteiger partial charge is 0.344 e. The van der Waals surface area contributed by atoms with E-state index in [-0.39, 0.29) is 12.5 Å². The molecule has 0 heterocycles. The highest BCUT2D eigenvalue weighted by molar-refractivity contribution is 6.30. The molecule has 7 heteroatoms. The van der Waals surface area contributed by atoms with E-state index in [1.165, 1.54) is 6.21 Å². The number of carbonyl (C=O) groups is 2. The Kier molecular flexibility index (Phi) is 6.96. The Balaban J connectivity index is 1.82. The van der Waals surface area contributed by atoms with E-state index in [2.05, 4.69) is 10.5 Å². The van der Waals surface area contributed by atoms with Gasteiger partial charge in [0.05, 0.1) is 6.21 Å². The van der Waals surface area contributed by atoms with Crippen LogP contribution in [0.15, 0.2) is 53.6 Å². The Hall–Kier alpha value is -2.86. The van der Waals surface area contributed by atoms with Gasteiger partial charge in [-0.1, -0.05) is 11.6 Å². The number of nitrogens with zero attached hydrogens (tertiary/aromatic N) is 1. The number of carbonyl (C=O) groups excluding carboxylic acids is 2. The van der Waals surface area contributed by atoms with Gasteiger partial charge in [-0.3, -0.25) is 4.79 Å². The standard InChI is InChI=1S/C20H21ClN2O4/c1-20(2,3)27-18(24)13-26-17-10-4-14(5-11-17)12-22-23-19(25)15-6-8-16(21)9-7-15/h4-12H,13H2,1-3H3,(H,23,25)/b22-12-. The van der Waals surface area contributed by atoms with Crippen molar-refractivity contribution in [2.45, 2.75) is 26.4 Å². The summed E-state index contributed by atoms with van der Waals surface area (Å²) in [6.07, 6.45) is 1.51. The zero-order valence-corrected chi connectivity index (χ0v) is 16.1. The maximum atomic E-state index is 11.9. The first-order valence-electron chi connectivity index (χ1n) is 8.27. The number of hydrazone groups is 1. The average Bonchev–Trinajstić information content (AvgIpc) is 2.60. The molecule has 2 rings (SSSR count). The number of halogens is 1. The molecule has 0 radical (unpaired) electrons. The minimum atomic E-state index is -0.544. The lowest BCUT2D eigenvalue weighted by molar-refractivity contribution is -0.157. The molecular weight excluding hydrogens is 368 g/mol. The summed E-state index contributed by atoms with van der Waals surface area (Å²) in [6, 6.07) is 13.4. The normalized spacial score (nSPS) is 11.3. The second-order valence-electron chi connectivity index (χ2n) is 6.65. The first-order valence-corrected chi connectivity index (χ1v) is 8.64. The Morgan fingerprint density at radius 3 is 2.30 bits per heavy atom. The molecule has 0 aliphatic rings. The van der Waals surface area contributed by atoms with Gasteiger partial charge in [0, 0.05) is 10.6 Å². The van der Waals surface area contributed by atoms with Crippen molar-refractivity contribution in [1.29, 1.82) is 0 Å². The number of esters is 1. The van der Waals surface area contributed by atoms with Gasteiger partial charge >= 0.3 is 5.97 Å². The van der Waals surface area contributed by atoms with Crippen LogP contribution in [0.2, 0.25) is 5.02 Å². The monoisotopic (exact) mass is 388 g/mol. The molecule has 1 N–H and O–H groups in total. The van der Waals surface area contributed by atoms with Crippen molar-refractivity contribution in [3.8, 4) is 5.75 Å². The lowest BCUT2D eigenvalue weighted by atomic mass is 10.2. The predicted octanol–water partition coefficient (Wildman–Crippen LogP) is 3.82. The summed E-state index contributed by atoms with van der Waals surface area (Å²) < 4.78 is 10.5. The van der Waals surface area contributed by atoms with Crippen LogP contribution in [0.4, 0.5) is 0 Å². The summed E-state index contributed by atoms with van der Waals surface area (Å²) >= 11 is 5.78. The molecule has 0 aliphatic heterocycles. The third kappa shape index (κ3) is 7.50. The van der Waals surface area contributed by atoms with Crippen molar-refractivity contribution in [3.05, 3.63) is 64.7 Å². The highest BCUT2D eigenvalue weighted by Gasteiger charge is 2.16. The third-order valence-corrected chi connectivity index (χ3v) is 3.39. The van der Waals surface area contributed by atoms with Crippen LogP contribution in [0.5, 0.6) is 5.75 Å². The Labute approximate surface area is 163 Å². The molecule has 0 unspecified atom stereocenters. The lowest BCUT2D eigenvalue weighted by Gasteiger charge is -2.19. The average molecular weight is 389 g/mol. The van der Waals surface area contributed by atoms with Crippen molar-refractivity contribution in [2.24, 2.45) is 5.10 Å². The Bertz CT molecular complexity index is 809. The van der Waals surface area contributed by atoms with Gasteiger partial charge in [-0.15, -0.1) is 0 Å². The van der Waals surface area contributed by atoms with E-state index >= 15 is 0 Å². The summed E-state index contributed by atoms with van der Waals surface area (Å²) in [4.78, 5) is 23.5. The molecule has 0 spiro atoms. The zero-order valence-electron chi connectivity index (χ0n) is 15.4. The highest BCUT2D eigenvalue weighted by atomic mass is 35.5. The number of hydrogen-bond acceptors (Lipinski definition) is 5. The summed E-state index contributed by atoms with van der Waals surface area (Å²) in [5.74, 6) is -0.235. The van der Waals surface area contributed by atoms with Crippen LogP contribution in [0.25, 0.3) is 0 Å². The molecule has 1 amide bonds. The summed E-state index contributed by atoms with van der Waals surface area (Å²) in [7, 11) is 0. The molecule has 0 aliphatic carbocycles. The minimum Gasteiger partial charge on any atom is -0.482 e. The summed E-state index contributed by atoms with van der Waals surface area (Å²) in [5.41, 5.74) is 3.11. The van der Waals surface area contributed by atoms with E-state index in [4.69, 9.17) is 21.1 Å². The predicted molar refractivity (Wildman–Crippen MR) is 104 cm³/mol. The number of nitrogens with one attached hydrogen (secondary N) is 1. The second-order valence-corrected chi connectivity index (χ2v) is 7.09. The second kappa shape index (κ2) is 9.19. The van der Waals surface area contributed by atoms with Crippen LogP contribution >= 0.6 is 11.6 Å². The Morgan fingerprint density at radius 1 is 1.07 bits per heavy atom. The lowest BCUT2D eigenvalue weighted by Crippen LogP contribution is -2.27. The van der Waals surface area contributed by atoms with Crippen molar-refractivity contribution < 1.29 is 19.1 Å². The third-order valence-electron chi connectivity index (χ3n) is 3.14.